The van der Waals surface area contributed by atoms with E-state index in [-0.39, 0.29) is 6.03 Å². The van der Waals surface area contributed by atoms with E-state index < -0.39 is 0 Å². The molecule has 70 valence electrons. The average molecular weight is 170 g/mol. The van der Waals surface area contributed by atoms with E-state index in [0.29, 0.717) is 6.54 Å². The molecule has 0 spiro atoms. The number of urea groups is 1. The molecule has 0 aromatic heterocycles. The molecule has 0 saturated heterocycles. The van der Waals surface area contributed by atoms with E-state index in [1.807, 2.05) is 14.0 Å². The van der Waals surface area contributed by atoms with E-state index in [0.717, 1.165) is 12.5 Å². The Morgan fingerprint density at radius 2 is 2.25 bits per heavy atom. The highest BCUT2D eigenvalue weighted by Crippen LogP contribution is 2.26. The fourth-order valence-electron chi connectivity index (χ4n) is 1.43. The van der Waals surface area contributed by atoms with Crippen LogP contribution in [0.5, 0.6) is 0 Å². The smallest absolute Gasteiger partial charge is 0.317 e. The van der Waals surface area contributed by atoms with Crippen molar-refractivity contribution in [3.8, 4) is 0 Å². The van der Waals surface area contributed by atoms with Crippen LogP contribution < -0.4 is 5.32 Å². The van der Waals surface area contributed by atoms with Gasteiger partial charge in [0.2, 0.25) is 0 Å². The molecule has 1 rings (SSSR count). The van der Waals surface area contributed by atoms with Gasteiger partial charge in [0, 0.05) is 20.1 Å². The Morgan fingerprint density at radius 1 is 1.58 bits per heavy atom. The molecular formula is C9H18N2O. The van der Waals surface area contributed by atoms with Crippen molar-refractivity contribution in [2.24, 2.45) is 5.92 Å². The fraction of sp³-hybridized carbons (Fsp3) is 0.889. The summed E-state index contributed by atoms with van der Waals surface area (Å²) in [5.74, 6) is 0.762. The third-order valence-electron chi connectivity index (χ3n) is 2.43. The van der Waals surface area contributed by atoms with Crippen molar-refractivity contribution >= 4 is 6.03 Å². The Morgan fingerprint density at radius 3 is 2.67 bits per heavy atom. The summed E-state index contributed by atoms with van der Waals surface area (Å²) in [7, 11) is 1.86. The second-order valence-corrected chi connectivity index (χ2v) is 3.51. The van der Waals surface area contributed by atoms with Gasteiger partial charge in [-0.25, -0.2) is 4.79 Å². The van der Waals surface area contributed by atoms with Crippen LogP contribution in [-0.2, 0) is 0 Å². The molecule has 0 atom stereocenters. The van der Waals surface area contributed by atoms with Crippen molar-refractivity contribution in [2.45, 2.75) is 26.2 Å². The molecule has 0 heterocycles. The van der Waals surface area contributed by atoms with E-state index >= 15 is 0 Å². The Kier molecular flexibility index (Phi) is 3.38. The number of hydrogen-bond acceptors (Lipinski definition) is 1. The quantitative estimate of drug-likeness (QED) is 0.683. The minimum atomic E-state index is 0.0596. The van der Waals surface area contributed by atoms with Crippen LogP contribution in [0.15, 0.2) is 0 Å². The highest BCUT2D eigenvalue weighted by molar-refractivity contribution is 5.73. The minimum absolute atomic E-state index is 0.0596. The summed E-state index contributed by atoms with van der Waals surface area (Å²) in [6, 6.07) is 0.0596. The molecule has 1 saturated carbocycles. The standard InChI is InChI=1S/C9H18N2O/c1-3-10-9(12)11(2)7-8-5-4-6-8/h8H,3-7H2,1-2H3,(H,10,12). The monoisotopic (exact) mass is 170 g/mol. The summed E-state index contributed by atoms with van der Waals surface area (Å²) in [5.41, 5.74) is 0. The number of nitrogens with one attached hydrogen (secondary N) is 1. The van der Waals surface area contributed by atoms with Crippen LogP contribution in [0.1, 0.15) is 26.2 Å². The van der Waals surface area contributed by atoms with Crippen LogP contribution >= 0.6 is 0 Å². The van der Waals surface area contributed by atoms with Crippen LogP contribution in [0.25, 0.3) is 0 Å². The third kappa shape index (κ3) is 2.40. The molecule has 0 unspecified atom stereocenters. The van der Waals surface area contributed by atoms with Gasteiger partial charge in [0.05, 0.1) is 0 Å². The molecule has 0 bridgehead atoms. The molecule has 12 heavy (non-hydrogen) atoms. The van der Waals surface area contributed by atoms with Gasteiger partial charge in [0.25, 0.3) is 0 Å². The molecule has 2 amide bonds. The van der Waals surface area contributed by atoms with E-state index in [1.165, 1.54) is 19.3 Å². The molecule has 1 aliphatic carbocycles. The van der Waals surface area contributed by atoms with E-state index in [2.05, 4.69) is 5.32 Å². The number of carbonyl (C=O) groups excluding carboxylic acids is 1. The Hall–Kier alpha value is -0.730. The first-order valence-corrected chi connectivity index (χ1v) is 4.73. The maximum Gasteiger partial charge on any atom is 0.317 e. The van der Waals surface area contributed by atoms with Crippen molar-refractivity contribution in [3.63, 3.8) is 0 Å². The van der Waals surface area contributed by atoms with E-state index in [9.17, 15) is 4.79 Å². The summed E-state index contributed by atoms with van der Waals surface area (Å²) < 4.78 is 0. The summed E-state index contributed by atoms with van der Waals surface area (Å²) in [6.07, 6.45) is 3.93. The van der Waals surface area contributed by atoms with Gasteiger partial charge in [0.15, 0.2) is 0 Å². The van der Waals surface area contributed by atoms with Crippen molar-refractivity contribution in [2.75, 3.05) is 20.1 Å². The fourth-order valence-corrected chi connectivity index (χ4v) is 1.43. The van der Waals surface area contributed by atoms with E-state index in [4.69, 9.17) is 0 Å². The lowest BCUT2D eigenvalue weighted by Crippen LogP contribution is -2.40. The third-order valence-corrected chi connectivity index (χ3v) is 2.43. The number of amides is 2. The van der Waals surface area contributed by atoms with E-state index in [1.54, 1.807) is 4.90 Å². The van der Waals surface area contributed by atoms with Crippen LogP contribution in [0, 0.1) is 5.92 Å². The lowest BCUT2D eigenvalue weighted by molar-refractivity contribution is 0.183. The zero-order valence-electron chi connectivity index (χ0n) is 7.97. The van der Waals surface area contributed by atoms with Gasteiger partial charge in [-0.15, -0.1) is 0 Å². The highest BCUT2D eigenvalue weighted by atomic mass is 16.2. The number of nitrogens with zero attached hydrogens (tertiary/aromatic N) is 1. The average Bonchev–Trinajstić information content (AvgIpc) is 1.97. The van der Waals surface area contributed by atoms with Gasteiger partial charge >= 0.3 is 6.03 Å². The second kappa shape index (κ2) is 4.33. The van der Waals surface area contributed by atoms with Gasteiger partial charge in [0.1, 0.15) is 0 Å². The topological polar surface area (TPSA) is 32.3 Å². The maximum atomic E-state index is 11.2. The molecule has 0 aromatic carbocycles. The van der Waals surface area contributed by atoms with Gasteiger partial charge in [-0.3, -0.25) is 0 Å². The van der Waals surface area contributed by atoms with Crippen LogP contribution in [0.4, 0.5) is 4.79 Å². The van der Waals surface area contributed by atoms with Crippen molar-refractivity contribution in [1.29, 1.82) is 0 Å². The maximum absolute atomic E-state index is 11.2. The number of hydrogen-bond donors (Lipinski definition) is 1. The molecule has 0 aliphatic heterocycles. The molecule has 3 heteroatoms. The SMILES string of the molecule is CCNC(=O)N(C)CC1CCC1. The predicted molar refractivity (Wildman–Crippen MR) is 49.0 cm³/mol. The summed E-state index contributed by atoms with van der Waals surface area (Å²) >= 11 is 0. The lowest BCUT2D eigenvalue weighted by atomic mass is 9.85. The van der Waals surface area contributed by atoms with Crippen LogP contribution in [0.2, 0.25) is 0 Å². The Labute approximate surface area is 74.1 Å². The summed E-state index contributed by atoms with van der Waals surface area (Å²) in [6.45, 7) is 3.58. The van der Waals surface area contributed by atoms with Gasteiger partial charge in [-0.1, -0.05) is 6.42 Å². The predicted octanol–water partition coefficient (Wildman–Crippen LogP) is 1.45. The number of carbonyl (C=O) groups is 1. The minimum Gasteiger partial charge on any atom is -0.338 e. The first-order chi connectivity index (χ1) is 5.74. The summed E-state index contributed by atoms with van der Waals surface area (Å²) in [5, 5.41) is 2.79. The Balaban J connectivity index is 2.16. The van der Waals surface area contributed by atoms with Gasteiger partial charge in [-0.05, 0) is 25.7 Å². The molecule has 1 aliphatic rings. The first kappa shape index (κ1) is 9.36. The zero-order chi connectivity index (χ0) is 8.97. The van der Waals surface area contributed by atoms with Crippen LogP contribution in [0.3, 0.4) is 0 Å². The van der Waals surface area contributed by atoms with Crippen molar-refractivity contribution in [3.05, 3.63) is 0 Å². The second-order valence-electron chi connectivity index (χ2n) is 3.51. The molecule has 1 N–H and O–H groups in total. The Bertz CT molecular complexity index is 155. The highest BCUT2D eigenvalue weighted by Gasteiger charge is 2.20. The molecule has 1 fully saturated rings. The lowest BCUT2D eigenvalue weighted by Gasteiger charge is -2.30. The normalized spacial score (nSPS) is 16.8. The molecule has 0 aromatic rings. The van der Waals surface area contributed by atoms with Crippen molar-refractivity contribution < 1.29 is 4.79 Å². The summed E-state index contributed by atoms with van der Waals surface area (Å²) in [4.78, 5) is 13.0. The largest absolute Gasteiger partial charge is 0.338 e. The van der Waals surface area contributed by atoms with Gasteiger partial charge < -0.3 is 10.2 Å². The zero-order valence-corrected chi connectivity index (χ0v) is 7.97. The van der Waals surface area contributed by atoms with Crippen molar-refractivity contribution in [1.82, 2.24) is 10.2 Å². The first-order valence-electron chi connectivity index (χ1n) is 4.73. The molecule has 3 nitrogen and oxygen atoms in total. The van der Waals surface area contributed by atoms with Gasteiger partial charge in [-0.2, -0.15) is 0 Å². The van der Waals surface area contributed by atoms with Crippen LogP contribution in [-0.4, -0.2) is 31.1 Å². The molecular weight excluding hydrogens is 152 g/mol. The molecule has 0 radical (unpaired) electrons. The number of rotatable bonds is 3.